The quantitative estimate of drug-likeness (QED) is 0.647. The van der Waals surface area contributed by atoms with Gasteiger partial charge in [-0.25, -0.2) is 17.5 Å². The molecule has 0 heterocycles. The number of methoxy groups -OCH3 is 2. The van der Waals surface area contributed by atoms with Crippen LogP contribution in [-0.2, 0) is 16.4 Å². The summed E-state index contributed by atoms with van der Waals surface area (Å²) in [5.41, 5.74) is 1.01. The molecule has 0 unspecified atom stereocenters. The maximum atomic E-state index is 14.0. The molecule has 156 valence electrons. The Kier molecular flexibility index (Phi) is 6.39. The second-order valence-corrected chi connectivity index (χ2v) is 8.42. The Labute approximate surface area is 169 Å². The van der Waals surface area contributed by atoms with E-state index < -0.39 is 26.6 Å². The van der Waals surface area contributed by atoms with Crippen LogP contribution in [0.15, 0.2) is 41.3 Å². The van der Waals surface area contributed by atoms with Crippen LogP contribution in [0, 0.1) is 5.82 Å². The molecule has 9 heteroatoms. The number of ether oxygens (including phenoxy) is 2. The predicted octanol–water partition coefficient (Wildman–Crippen LogP) is 2.26. The zero-order valence-electron chi connectivity index (χ0n) is 16.2. The van der Waals surface area contributed by atoms with Crippen LogP contribution in [0.4, 0.5) is 4.39 Å². The van der Waals surface area contributed by atoms with Gasteiger partial charge in [0.1, 0.15) is 10.7 Å². The number of carbonyl (C=O) groups is 1. The molecule has 2 N–H and O–H groups in total. The van der Waals surface area contributed by atoms with Crippen LogP contribution in [0.25, 0.3) is 0 Å². The van der Waals surface area contributed by atoms with Gasteiger partial charge in [-0.15, -0.1) is 0 Å². The van der Waals surface area contributed by atoms with Crippen LogP contribution in [0.3, 0.4) is 0 Å². The molecule has 1 aliphatic rings. The van der Waals surface area contributed by atoms with Crippen molar-refractivity contribution in [2.24, 2.45) is 0 Å². The maximum Gasteiger partial charge on any atom is 0.251 e. The number of carbonyl (C=O) groups excluding carboxylic acids is 1. The molecule has 29 heavy (non-hydrogen) atoms. The summed E-state index contributed by atoms with van der Waals surface area (Å²) in [6, 6.07) is 8.61. The van der Waals surface area contributed by atoms with Crippen LogP contribution in [0.1, 0.15) is 28.8 Å². The summed E-state index contributed by atoms with van der Waals surface area (Å²) in [4.78, 5) is 11.9. The highest BCUT2D eigenvalue weighted by atomic mass is 32.2. The minimum atomic E-state index is -3.99. The molecule has 0 atom stereocenters. The summed E-state index contributed by atoms with van der Waals surface area (Å²) in [5, 5.41) is 2.72. The smallest absolute Gasteiger partial charge is 0.251 e. The van der Waals surface area contributed by atoms with Gasteiger partial charge in [0.15, 0.2) is 11.5 Å². The van der Waals surface area contributed by atoms with Gasteiger partial charge >= 0.3 is 0 Å². The lowest BCUT2D eigenvalue weighted by molar-refractivity contribution is 0.0954. The molecule has 0 aliphatic heterocycles. The standard InChI is InChI=1S/C20H23FN2O5S/c1-27-17-8-3-13(11-18(17)28-2)9-10-22-20(24)14-4-7-16(21)19(12-14)29(25,26)23-15-5-6-15/h3-4,7-8,11-12,15,23H,5-6,9-10H2,1-2H3,(H,22,24). The fourth-order valence-electron chi connectivity index (χ4n) is 2.79. The zero-order chi connectivity index (χ0) is 21.0. The Morgan fingerprint density at radius 2 is 1.83 bits per heavy atom. The molecular weight excluding hydrogens is 399 g/mol. The molecule has 0 saturated heterocycles. The molecule has 0 spiro atoms. The van der Waals surface area contributed by atoms with E-state index in [0.717, 1.165) is 30.5 Å². The van der Waals surface area contributed by atoms with Crippen LogP contribution < -0.4 is 19.5 Å². The second-order valence-electron chi connectivity index (χ2n) is 6.74. The summed E-state index contributed by atoms with van der Waals surface area (Å²) >= 11 is 0. The van der Waals surface area contributed by atoms with E-state index in [-0.39, 0.29) is 11.6 Å². The minimum Gasteiger partial charge on any atom is -0.493 e. The fraction of sp³-hybridized carbons (Fsp3) is 0.350. The first-order valence-electron chi connectivity index (χ1n) is 9.15. The van der Waals surface area contributed by atoms with Gasteiger partial charge in [-0.3, -0.25) is 4.79 Å². The average molecular weight is 422 g/mol. The van der Waals surface area contributed by atoms with E-state index in [9.17, 15) is 17.6 Å². The van der Waals surface area contributed by atoms with Gasteiger partial charge in [0.2, 0.25) is 10.0 Å². The second kappa shape index (κ2) is 8.79. The van der Waals surface area contributed by atoms with Crippen molar-refractivity contribution in [3.8, 4) is 11.5 Å². The van der Waals surface area contributed by atoms with E-state index in [1.807, 2.05) is 12.1 Å². The number of amides is 1. The third-order valence-electron chi connectivity index (χ3n) is 4.53. The lowest BCUT2D eigenvalue weighted by atomic mass is 10.1. The maximum absolute atomic E-state index is 14.0. The van der Waals surface area contributed by atoms with Crippen molar-refractivity contribution in [1.82, 2.24) is 10.0 Å². The van der Waals surface area contributed by atoms with Crippen molar-refractivity contribution in [3.63, 3.8) is 0 Å². The topological polar surface area (TPSA) is 93.7 Å². The third-order valence-corrected chi connectivity index (χ3v) is 6.06. The first kappa shape index (κ1) is 21.1. The minimum absolute atomic E-state index is 0.0786. The number of hydrogen-bond donors (Lipinski definition) is 2. The van der Waals surface area contributed by atoms with Crippen LogP contribution in [0.5, 0.6) is 11.5 Å². The van der Waals surface area contributed by atoms with E-state index >= 15 is 0 Å². The molecule has 2 aromatic rings. The molecule has 0 bridgehead atoms. The van der Waals surface area contributed by atoms with Crippen LogP contribution in [0.2, 0.25) is 0 Å². The van der Waals surface area contributed by atoms with E-state index in [1.54, 1.807) is 20.3 Å². The SMILES string of the molecule is COc1ccc(CCNC(=O)c2ccc(F)c(S(=O)(=O)NC3CC3)c2)cc1OC. The molecule has 1 amide bonds. The Hall–Kier alpha value is -2.65. The van der Waals surface area contributed by atoms with Gasteiger partial charge < -0.3 is 14.8 Å². The zero-order valence-corrected chi connectivity index (χ0v) is 17.0. The Balaban J connectivity index is 1.64. The van der Waals surface area contributed by atoms with Gasteiger partial charge in [-0.05, 0) is 55.2 Å². The van der Waals surface area contributed by atoms with Gasteiger partial charge in [0, 0.05) is 18.2 Å². The monoisotopic (exact) mass is 422 g/mol. The highest BCUT2D eigenvalue weighted by molar-refractivity contribution is 7.89. The van der Waals surface area contributed by atoms with Gasteiger partial charge in [0.05, 0.1) is 14.2 Å². The van der Waals surface area contributed by atoms with Crippen molar-refractivity contribution in [3.05, 3.63) is 53.3 Å². The third kappa shape index (κ3) is 5.24. The molecule has 0 radical (unpaired) electrons. The first-order chi connectivity index (χ1) is 13.8. The highest BCUT2D eigenvalue weighted by Crippen LogP contribution is 2.27. The Morgan fingerprint density at radius 3 is 2.48 bits per heavy atom. The molecule has 1 fully saturated rings. The summed E-state index contributed by atoms with van der Waals surface area (Å²) < 4.78 is 51.5. The predicted molar refractivity (Wildman–Crippen MR) is 105 cm³/mol. The molecule has 0 aromatic heterocycles. The summed E-state index contributed by atoms with van der Waals surface area (Å²) in [7, 11) is -0.898. The summed E-state index contributed by atoms with van der Waals surface area (Å²) in [6.45, 7) is 0.314. The van der Waals surface area contributed by atoms with Gasteiger partial charge in [-0.1, -0.05) is 6.07 Å². The number of hydrogen-bond acceptors (Lipinski definition) is 5. The van der Waals surface area contributed by atoms with Crippen molar-refractivity contribution in [1.29, 1.82) is 0 Å². The van der Waals surface area contributed by atoms with Gasteiger partial charge in [-0.2, -0.15) is 0 Å². The number of benzene rings is 2. The highest BCUT2D eigenvalue weighted by Gasteiger charge is 2.30. The molecule has 1 aliphatic carbocycles. The van der Waals surface area contributed by atoms with Crippen LogP contribution in [-0.4, -0.2) is 41.1 Å². The molecule has 7 nitrogen and oxygen atoms in total. The number of nitrogens with one attached hydrogen (secondary N) is 2. The first-order valence-corrected chi connectivity index (χ1v) is 10.6. The van der Waals surface area contributed by atoms with E-state index in [4.69, 9.17) is 9.47 Å². The lowest BCUT2D eigenvalue weighted by Crippen LogP contribution is -2.28. The Bertz CT molecular complexity index is 1010. The van der Waals surface area contributed by atoms with Crippen molar-refractivity contribution in [2.75, 3.05) is 20.8 Å². The largest absolute Gasteiger partial charge is 0.493 e. The molecular formula is C20H23FN2O5S. The summed E-state index contributed by atoms with van der Waals surface area (Å²) in [6.07, 6.45) is 2.00. The van der Waals surface area contributed by atoms with E-state index in [0.29, 0.717) is 24.5 Å². The summed E-state index contributed by atoms with van der Waals surface area (Å²) in [5.74, 6) is -0.165. The normalized spacial score (nSPS) is 13.8. The fourth-order valence-corrected chi connectivity index (χ4v) is 4.20. The number of sulfonamides is 1. The molecule has 3 rings (SSSR count). The molecule has 2 aromatic carbocycles. The van der Waals surface area contributed by atoms with Crippen molar-refractivity contribution >= 4 is 15.9 Å². The lowest BCUT2D eigenvalue weighted by Gasteiger charge is -2.11. The van der Waals surface area contributed by atoms with Gasteiger partial charge in [0.25, 0.3) is 5.91 Å². The number of halogens is 1. The molecule has 1 saturated carbocycles. The van der Waals surface area contributed by atoms with Crippen molar-refractivity contribution < 1.29 is 27.1 Å². The average Bonchev–Trinajstić information content (AvgIpc) is 3.51. The number of rotatable bonds is 9. The Morgan fingerprint density at radius 1 is 1.10 bits per heavy atom. The van der Waals surface area contributed by atoms with Crippen LogP contribution >= 0.6 is 0 Å². The van der Waals surface area contributed by atoms with E-state index in [1.165, 1.54) is 6.07 Å². The van der Waals surface area contributed by atoms with E-state index in [2.05, 4.69) is 10.0 Å². The van der Waals surface area contributed by atoms with Crippen molar-refractivity contribution in [2.45, 2.75) is 30.2 Å².